The summed E-state index contributed by atoms with van der Waals surface area (Å²) in [7, 11) is 0. The summed E-state index contributed by atoms with van der Waals surface area (Å²) in [5.41, 5.74) is 2.07. The van der Waals surface area contributed by atoms with Gasteiger partial charge in [-0.3, -0.25) is 9.78 Å². The molecule has 2 aromatic rings. The summed E-state index contributed by atoms with van der Waals surface area (Å²) >= 11 is 0. The number of benzene rings is 1. The highest BCUT2D eigenvalue weighted by Gasteiger charge is 2.40. The van der Waals surface area contributed by atoms with Crippen LogP contribution in [0.5, 0.6) is 0 Å². The molecule has 1 unspecified atom stereocenters. The molecule has 1 N–H and O–H groups in total. The first-order valence-corrected chi connectivity index (χ1v) is 8.71. The third-order valence-corrected chi connectivity index (χ3v) is 4.49. The van der Waals surface area contributed by atoms with Crippen LogP contribution in [0.25, 0.3) is 0 Å². The summed E-state index contributed by atoms with van der Waals surface area (Å²) in [5, 5.41) is 3.26. The molecular weight excluding hydrogens is 332 g/mol. The number of ether oxygens (including phenoxy) is 2. The van der Waals surface area contributed by atoms with Gasteiger partial charge in [0.2, 0.25) is 0 Å². The average Bonchev–Trinajstić information content (AvgIpc) is 3.14. The van der Waals surface area contributed by atoms with Crippen molar-refractivity contribution in [1.29, 1.82) is 0 Å². The second-order valence-electron chi connectivity index (χ2n) is 6.02. The number of rotatable bonds is 7. The molecule has 0 saturated heterocycles. The van der Waals surface area contributed by atoms with Gasteiger partial charge in [0.1, 0.15) is 0 Å². The fourth-order valence-corrected chi connectivity index (χ4v) is 3.33. The van der Waals surface area contributed by atoms with Gasteiger partial charge < -0.3 is 14.8 Å². The van der Waals surface area contributed by atoms with Gasteiger partial charge in [-0.05, 0) is 43.2 Å². The van der Waals surface area contributed by atoms with Crippen LogP contribution in [-0.2, 0) is 33.0 Å². The molecule has 0 fully saturated rings. The number of nitrogens with zero attached hydrogens (tertiary/aromatic N) is 1. The molecule has 136 valence electrons. The number of fused-ring (bicyclic) bond motifs is 1. The Balaban J connectivity index is 2.26. The molecule has 0 spiro atoms. The molecule has 1 aliphatic heterocycles. The van der Waals surface area contributed by atoms with Gasteiger partial charge in [-0.2, -0.15) is 0 Å². The van der Waals surface area contributed by atoms with E-state index in [9.17, 15) is 9.59 Å². The Morgan fingerprint density at radius 3 is 2.65 bits per heavy atom. The van der Waals surface area contributed by atoms with E-state index in [-0.39, 0.29) is 6.61 Å². The molecule has 3 rings (SSSR count). The van der Waals surface area contributed by atoms with E-state index in [1.54, 1.807) is 37.5 Å². The fraction of sp³-hybridized carbons (Fsp3) is 0.350. The zero-order valence-corrected chi connectivity index (χ0v) is 15.0. The third kappa shape index (κ3) is 3.13. The van der Waals surface area contributed by atoms with E-state index in [1.807, 2.05) is 13.0 Å². The lowest BCUT2D eigenvalue weighted by Gasteiger charge is -2.30. The monoisotopic (exact) mass is 354 g/mol. The molecule has 2 heterocycles. The molecule has 6 heteroatoms. The number of nitrogens with one attached hydrogen (secondary N) is 1. The first-order chi connectivity index (χ1) is 12.7. The SMILES string of the molecule is CCOC(=O)c1cc2c(cc1C(C=O)(OCC)c1cccnc1)CNC2. The smallest absolute Gasteiger partial charge is 0.338 e. The normalized spacial score (nSPS) is 15.2. The van der Waals surface area contributed by atoms with Crippen molar-refractivity contribution < 1.29 is 19.1 Å². The Bertz CT molecular complexity index is 807. The van der Waals surface area contributed by atoms with Crippen LogP contribution in [0, 0.1) is 0 Å². The maximum absolute atomic E-state index is 12.6. The molecule has 0 aliphatic carbocycles. The number of carbonyl (C=O) groups excluding carboxylic acids is 2. The molecule has 26 heavy (non-hydrogen) atoms. The number of carbonyl (C=O) groups is 2. The summed E-state index contributed by atoms with van der Waals surface area (Å²) < 4.78 is 11.2. The van der Waals surface area contributed by atoms with Gasteiger partial charge in [0.15, 0.2) is 11.9 Å². The molecule has 0 radical (unpaired) electrons. The van der Waals surface area contributed by atoms with Crippen molar-refractivity contribution in [3.63, 3.8) is 0 Å². The van der Waals surface area contributed by atoms with Crippen molar-refractivity contribution in [3.8, 4) is 0 Å². The maximum Gasteiger partial charge on any atom is 0.338 e. The summed E-state index contributed by atoms with van der Waals surface area (Å²) in [6.07, 6.45) is 3.95. The third-order valence-electron chi connectivity index (χ3n) is 4.49. The first kappa shape index (κ1) is 18.2. The molecule has 6 nitrogen and oxygen atoms in total. The number of aromatic nitrogens is 1. The van der Waals surface area contributed by atoms with Crippen LogP contribution >= 0.6 is 0 Å². The van der Waals surface area contributed by atoms with E-state index in [4.69, 9.17) is 9.47 Å². The van der Waals surface area contributed by atoms with Crippen LogP contribution in [0.15, 0.2) is 36.7 Å². The van der Waals surface area contributed by atoms with E-state index in [0.29, 0.717) is 36.4 Å². The largest absolute Gasteiger partial charge is 0.462 e. The van der Waals surface area contributed by atoms with Crippen LogP contribution in [0.3, 0.4) is 0 Å². The van der Waals surface area contributed by atoms with Gasteiger partial charge in [-0.25, -0.2) is 4.79 Å². The highest BCUT2D eigenvalue weighted by molar-refractivity contribution is 5.94. The predicted octanol–water partition coefficient (Wildman–Crippen LogP) is 2.34. The van der Waals surface area contributed by atoms with Crippen LogP contribution in [0.2, 0.25) is 0 Å². The standard InChI is InChI=1S/C20H22N2O4/c1-3-25-19(24)17-8-14-10-22-11-15(14)9-18(17)20(13-23,26-4-2)16-6-5-7-21-12-16/h5-9,12-13,22H,3-4,10-11H2,1-2H3. The van der Waals surface area contributed by atoms with Crippen molar-refractivity contribution in [3.05, 3.63) is 64.5 Å². The van der Waals surface area contributed by atoms with Gasteiger partial charge in [-0.1, -0.05) is 6.07 Å². The summed E-state index contributed by atoms with van der Waals surface area (Å²) in [6, 6.07) is 7.19. The number of hydrogen-bond donors (Lipinski definition) is 1. The summed E-state index contributed by atoms with van der Waals surface area (Å²) in [5.74, 6) is -0.466. The molecule has 0 saturated carbocycles. The molecule has 0 amide bonds. The maximum atomic E-state index is 12.6. The second-order valence-corrected chi connectivity index (χ2v) is 6.02. The number of aldehydes is 1. The molecule has 1 atom stereocenters. The Labute approximate surface area is 152 Å². The lowest BCUT2D eigenvalue weighted by Crippen LogP contribution is -2.35. The van der Waals surface area contributed by atoms with Crippen molar-refractivity contribution in [2.24, 2.45) is 0 Å². The predicted molar refractivity (Wildman–Crippen MR) is 95.6 cm³/mol. The zero-order chi connectivity index (χ0) is 18.6. The average molecular weight is 354 g/mol. The number of hydrogen-bond acceptors (Lipinski definition) is 6. The summed E-state index contributed by atoms with van der Waals surface area (Å²) in [4.78, 5) is 29.1. The zero-order valence-electron chi connectivity index (χ0n) is 15.0. The molecule has 1 aromatic heterocycles. The number of pyridine rings is 1. The van der Waals surface area contributed by atoms with Crippen LogP contribution < -0.4 is 5.32 Å². The van der Waals surface area contributed by atoms with Crippen molar-refractivity contribution in [2.75, 3.05) is 13.2 Å². The van der Waals surface area contributed by atoms with Gasteiger partial charge in [0.05, 0.1) is 12.2 Å². The molecule has 1 aromatic carbocycles. The fourth-order valence-electron chi connectivity index (χ4n) is 3.33. The van der Waals surface area contributed by atoms with Gasteiger partial charge in [0.25, 0.3) is 0 Å². The highest BCUT2D eigenvalue weighted by atomic mass is 16.5. The highest BCUT2D eigenvalue weighted by Crippen LogP contribution is 2.36. The van der Waals surface area contributed by atoms with E-state index >= 15 is 0 Å². The van der Waals surface area contributed by atoms with Crippen molar-refractivity contribution >= 4 is 12.3 Å². The first-order valence-electron chi connectivity index (χ1n) is 8.71. The van der Waals surface area contributed by atoms with Gasteiger partial charge in [0, 0.05) is 43.2 Å². The minimum Gasteiger partial charge on any atom is -0.462 e. The Hall–Kier alpha value is -2.57. The Kier molecular flexibility index (Phi) is 5.44. The van der Waals surface area contributed by atoms with Gasteiger partial charge in [-0.15, -0.1) is 0 Å². The molecular formula is C20H22N2O4. The Morgan fingerprint density at radius 1 is 1.27 bits per heavy atom. The van der Waals surface area contributed by atoms with Crippen molar-refractivity contribution in [2.45, 2.75) is 32.5 Å². The van der Waals surface area contributed by atoms with E-state index in [2.05, 4.69) is 10.3 Å². The van der Waals surface area contributed by atoms with Crippen LogP contribution in [-0.4, -0.2) is 30.5 Å². The van der Waals surface area contributed by atoms with E-state index in [1.165, 1.54) is 0 Å². The molecule has 1 aliphatic rings. The quantitative estimate of drug-likeness (QED) is 0.607. The van der Waals surface area contributed by atoms with Crippen LogP contribution in [0.4, 0.5) is 0 Å². The van der Waals surface area contributed by atoms with E-state index < -0.39 is 11.6 Å². The van der Waals surface area contributed by atoms with Crippen molar-refractivity contribution in [1.82, 2.24) is 10.3 Å². The lowest BCUT2D eigenvalue weighted by atomic mass is 9.83. The topological polar surface area (TPSA) is 77.5 Å². The van der Waals surface area contributed by atoms with Gasteiger partial charge >= 0.3 is 5.97 Å². The Morgan fingerprint density at radius 2 is 2.04 bits per heavy atom. The van der Waals surface area contributed by atoms with Crippen LogP contribution in [0.1, 0.15) is 46.5 Å². The second kappa shape index (κ2) is 7.76. The summed E-state index contributed by atoms with van der Waals surface area (Å²) in [6.45, 7) is 5.47. The number of esters is 1. The minimum absolute atomic E-state index is 0.253. The molecule has 0 bridgehead atoms. The lowest BCUT2D eigenvalue weighted by molar-refractivity contribution is -0.126. The van der Waals surface area contributed by atoms with E-state index in [0.717, 1.165) is 17.4 Å². The minimum atomic E-state index is -1.41.